The van der Waals surface area contributed by atoms with Gasteiger partial charge in [0, 0.05) is 10.6 Å². The summed E-state index contributed by atoms with van der Waals surface area (Å²) in [5.41, 5.74) is 1.81. The first-order chi connectivity index (χ1) is 9.56. The van der Waals surface area contributed by atoms with Gasteiger partial charge >= 0.3 is 5.97 Å². The number of carbonyl (C=O) groups is 1. The van der Waals surface area contributed by atoms with E-state index in [1.54, 1.807) is 18.2 Å². The van der Waals surface area contributed by atoms with E-state index in [0.717, 1.165) is 16.2 Å². The number of nitrogens with zero attached hydrogens (tertiary/aromatic N) is 3. The first-order valence-electron chi connectivity index (χ1n) is 5.81. The van der Waals surface area contributed by atoms with Gasteiger partial charge in [-0.1, -0.05) is 12.1 Å². The molecule has 0 aliphatic rings. The summed E-state index contributed by atoms with van der Waals surface area (Å²) in [5.74, 6) is -0.855. The van der Waals surface area contributed by atoms with E-state index in [1.807, 2.05) is 25.1 Å². The average Bonchev–Trinajstić information content (AvgIpc) is 2.39. The van der Waals surface area contributed by atoms with Crippen LogP contribution in [0.25, 0.3) is 0 Å². The van der Waals surface area contributed by atoms with E-state index >= 15 is 0 Å². The first-order valence-corrected chi connectivity index (χ1v) is 6.63. The number of aryl methyl sites for hydroxylation is 1. The van der Waals surface area contributed by atoms with Gasteiger partial charge < -0.3 is 5.11 Å². The van der Waals surface area contributed by atoms with Crippen molar-refractivity contribution in [3.63, 3.8) is 0 Å². The van der Waals surface area contributed by atoms with Crippen molar-refractivity contribution in [3.05, 3.63) is 47.3 Å². The smallest absolute Gasteiger partial charge is 0.307 e. The molecule has 0 spiro atoms. The van der Waals surface area contributed by atoms with Gasteiger partial charge in [-0.3, -0.25) is 4.79 Å². The third-order valence-corrected chi connectivity index (χ3v) is 3.31. The lowest BCUT2D eigenvalue weighted by Crippen LogP contribution is -1.99. The van der Waals surface area contributed by atoms with E-state index in [2.05, 4.69) is 9.97 Å². The van der Waals surface area contributed by atoms with Gasteiger partial charge in [-0.2, -0.15) is 5.26 Å². The predicted octanol–water partition coefficient (Wildman–Crippen LogP) is 2.43. The second kappa shape index (κ2) is 6.17. The first kappa shape index (κ1) is 14.0. The van der Waals surface area contributed by atoms with Gasteiger partial charge in [0.25, 0.3) is 0 Å². The Labute approximate surface area is 120 Å². The van der Waals surface area contributed by atoms with E-state index in [4.69, 9.17) is 10.4 Å². The van der Waals surface area contributed by atoms with Crippen molar-refractivity contribution in [3.8, 4) is 6.07 Å². The monoisotopic (exact) mass is 285 g/mol. The van der Waals surface area contributed by atoms with Gasteiger partial charge in [-0.25, -0.2) is 9.97 Å². The molecule has 100 valence electrons. The molecule has 0 fully saturated rings. The Balaban J connectivity index is 2.16. The van der Waals surface area contributed by atoms with Crippen molar-refractivity contribution in [2.75, 3.05) is 0 Å². The molecule has 0 bridgehead atoms. The van der Waals surface area contributed by atoms with Crippen molar-refractivity contribution < 1.29 is 9.90 Å². The maximum Gasteiger partial charge on any atom is 0.307 e. The SMILES string of the molecule is Cc1cc(C#N)nc(Sc2ccc(CC(=O)O)cc2)n1. The second-order valence-corrected chi connectivity index (χ2v) is 5.15. The van der Waals surface area contributed by atoms with Crippen LogP contribution in [0.4, 0.5) is 0 Å². The molecule has 2 aromatic rings. The summed E-state index contributed by atoms with van der Waals surface area (Å²) in [6.07, 6.45) is 0.00444. The second-order valence-electron chi connectivity index (χ2n) is 4.11. The maximum atomic E-state index is 10.6. The normalized spacial score (nSPS) is 10.0. The lowest BCUT2D eigenvalue weighted by atomic mass is 10.2. The Bertz CT molecular complexity index is 678. The van der Waals surface area contributed by atoms with Crippen LogP contribution in [0.15, 0.2) is 40.4 Å². The molecule has 1 heterocycles. The highest BCUT2D eigenvalue weighted by Crippen LogP contribution is 2.25. The molecule has 1 aromatic heterocycles. The summed E-state index contributed by atoms with van der Waals surface area (Å²) in [4.78, 5) is 19.9. The van der Waals surface area contributed by atoms with Crippen LogP contribution in [0.3, 0.4) is 0 Å². The van der Waals surface area contributed by atoms with Crippen molar-refractivity contribution in [2.24, 2.45) is 0 Å². The fourth-order valence-corrected chi connectivity index (χ4v) is 2.42. The lowest BCUT2D eigenvalue weighted by Gasteiger charge is -2.03. The lowest BCUT2D eigenvalue weighted by molar-refractivity contribution is -0.136. The zero-order chi connectivity index (χ0) is 14.5. The Kier molecular flexibility index (Phi) is 4.33. The molecule has 0 aliphatic heterocycles. The number of hydrogen-bond donors (Lipinski definition) is 1. The van der Waals surface area contributed by atoms with Crippen LogP contribution in [0.2, 0.25) is 0 Å². The highest BCUT2D eigenvalue weighted by atomic mass is 32.2. The topological polar surface area (TPSA) is 86.9 Å². The van der Waals surface area contributed by atoms with E-state index in [9.17, 15) is 4.79 Å². The minimum atomic E-state index is -0.855. The number of aliphatic carboxylic acids is 1. The highest BCUT2D eigenvalue weighted by Gasteiger charge is 2.05. The van der Waals surface area contributed by atoms with Crippen LogP contribution >= 0.6 is 11.8 Å². The minimum Gasteiger partial charge on any atom is -0.481 e. The quantitative estimate of drug-likeness (QED) is 0.868. The number of nitriles is 1. The zero-order valence-corrected chi connectivity index (χ0v) is 11.5. The van der Waals surface area contributed by atoms with Crippen molar-refractivity contribution in [2.45, 2.75) is 23.4 Å². The molecule has 0 saturated carbocycles. The molecule has 0 radical (unpaired) electrons. The molecule has 6 heteroatoms. The van der Waals surface area contributed by atoms with Gasteiger partial charge in [0.1, 0.15) is 11.8 Å². The summed E-state index contributed by atoms with van der Waals surface area (Å²) in [5, 5.41) is 18.1. The average molecular weight is 285 g/mol. The number of hydrogen-bond acceptors (Lipinski definition) is 5. The van der Waals surface area contributed by atoms with Crippen LogP contribution in [0, 0.1) is 18.3 Å². The molecule has 1 aromatic carbocycles. The Morgan fingerprint density at radius 1 is 1.35 bits per heavy atom. The number of carboxylic acids is 1. The molecular formula is C14H11N3O2S. The molecule has 0 atom stereocenters. The predicted molar refractivity (Wildman–Crippen MR) is 73.4 cm³/mol. The molecule has 20 heavy (non-hydrogen) atoms. The molecule has 2 rings (SSSR count). The Morgan fingerprint density at radius 2 is 2.05 bits per heavy atom. The summed E-state index contributed by atoms with van der Waals surface area (Å²) in [6, 6.07) is 10.8. The number of carboxylic acid groups (broad SMARTS) is 1. The molecule has 5 nitrogen and oxygen atoms in total. The van der Waals surface area contributed by atoms with Gasteiger partial charge in [-0.15, -0.1) is 0 Å². The highest BCUT2D eigenvalue weighted by molar-refractivity contribution is 7.99. The fraction of sp³-hybridized carbons (Fsp3) is 0.143. The summed E-state index contributed by atoms with van der Waals surface area (Å²) < 4.78 is 0. The van der Waals surface area contributed by atoms with Crippen LogP contribution in [-0.4, -0.2) is 21.0 Å². The van der Waals surface area contributed by atoms with E-state index < -0.39 is 5.97 Å². The van der Waals surface area contributed by atoms with Crippen molar-refractivity contribution in [1.82, 2.24) is 9.97 Å². The molecule has 0 saturated heterocycles. The number of benzene rings is 1. The summed E-state index contributed by atoms with van der Waals surface area (Å²) in [6.45, 7) is 1.81. The van der Waals surface area contributed by atoms with Crippen LogP contribution in [-0.2, 0) is 11.2 Å². The van der Waals surface area contributed by atoms with Gasteiger partial charge in [0.2, 0.25) is 0 Å². The summed E-state index contributed by atoms with van der Waals surface area (Å²) in [7, 11) is 0. The van der Waals surface area contributed by atoms with Gasteiger partial charge in [-0.05, 0) is 42.4 Å². The maximum absolute atomic E-state index is 10.6. The van der Waals surface area contributed by atoms with Crippen molar-refractivity contribution >= 4 is 17.7 Å². The zero-order valence-electron chi connectivity index (χ0n) is 10.7. The molecule has 0 amide bonds. The van der Waals surface area contributed by atoms with Crippen molar-refractivity contribution in [1.29, 1.82) is 5.26 Å². The van der Waals surface area contributed by atoms with Crippen LogP contribution in [0.5, 0.6) is 0 Å². The molecule has 1 N–H and O–H groups in total. The molecule has 0 unspecified atom stereocenters. The largest absolute Gasteiger partial charge is 0.481 e. The molecule has 0 aliphatic carbocycles. The Hall–Kier alpha value is -2.39. The standard InChI is InChI=1S/C14H11N3O2S/c1-9-6-11(8-15)17-14(16-9)20-12-4-2-10(3-5-12)7-13(18)19/h2-6H,7H2,1H3,(H,18,19). The number of rotatable bonds is 4. The minimum absolute atomic E-state index is 0.00444. The van der Waals surface area contributed by atoms with Crippen LogP contribution in [0.1, 0.15) is 17.0 Å². The van der Waals surface area contributed by atoms with E-state index in [1.165, 1.54) is 11.8 Å². The van der Waals surface area contributed by atoms with E-state index in [-0.39, 0.29) is 6.42 Å². The third-order valence-electron chi connectivity index (χ3n) is 2.44. The van der Waals surface area contributed by atoms with Gasteiger partial charge in [0.15, 0.2) is 5.16 Å². The number of aromatic nitrogens is 2. The molecular weight excluding hydrogens is 274 g/mol. The Morgan fingerprint density at radius 3 is 2.65 bits per heavy atom. The van der Waals surface area contributed by atoms with Gasteiger partial charge in [0.05, 0.1) is 6.42 Å². The van der Waals surface area contributed by atoms with Crippen LogP contribution < -0.4 is 0 Å². The third kappa shape index (κ3) is 3.80. The summed E-state index contributed by atoms with van der Waals surface area (Å²) >= 11 is 1.34. The fourth-order valence-electron chi connectivity index (χ4n) is 1.60. The van der Waals surface area contributed by atoms with E-state index in [0.29, 0.717) is 10.9 Å².